The van der Waals surface area contributed by atoms with Crippen molar-refractivity contribution in [3.8, 4) is 11.5 Å². The Labute approximate surface area is 161 Å². The molecule has 2 N–H and O–H groups in total. The lowest BCUT2D eigenvalue weighted by molar-refractivity contribution is -0.117. The highest BCUT2D eigenvalue weighted by molar-refractivity contribution is 6.32. The zero-order chi connectivity index (χ0) is 18.8. The van der Waals surface area contributed by atoms with E-state index < -0.39 is 0 Å². The molecule has 27 heavy (non-hydrogen) atoms. The fraction of sp³-hybridized carbons (Fsp3) is 0.300. The van der Waals surface area contributed by atoms with Gasteiger partial charge in [0.1, 0.15) is 0 Å². The van der Waals surface area contributed by atoms with Crippen LogP contribution in [0.5, 0.6) is 11.5 Å². The van der Waals surface area contributed by atoms with Gasteiger partial charge in [0.2, 0.25) is 5.91 Å². The molecule has 4 rings (SSSR count). The fourth-order valence-electron chi connectivity index (χ4n) is 2.79. The summed E-state index contributed by atoms with van der Waals surface area (Å²) >= 11 is 6.24. The number of carbonyl (C=O) groups excluding carboxylic acids is 2. The summed E-state index contributed by atoms with van der Waals surface area (Å²) in [6.07, 6.45) is 2.67. The van der Waals surface area contributed by atoms with E-state index in [1.165, 1.54) is 0 Å². The minimum Gasteiger partial charge on any atom is -0.489 e. The number of nitrogens with one attached hydrogen (secondary N) is 2. The van der Waals surface area contributed by atoms with Crippen molar-refractivity contribution in [2.24, 2.45) is 5.92 Å². The van der Waals surface area contributed by atoms with Crippen LogP contribution in [0.4, 0.5) is 11.4 Å². The highest BCUT2D eigenvalue weighted by atomic mass is 35.5. The van der Waals surface area contributed by atoms with Gasteiger partial charge in [0.25, 0.3) is 5.91 Å². The van der Waals surface area contributed by atoms with Crippen molar-refractivity contribution >= 4 is 34.8 Å². The van der Waals surface area contributed by atoms with E-state index in [2.05, 4.69) is 10.6 Å². The molecule has 2 amide bonds. The highest BCUT2D eigenvalue weighted by Crippen LogP contribution is 2.38. The summed E-state index contributed by atoms with van der Waals surface area (Å²) in [6.45, 7) is 1.05. The third kappa shape index (κ3) is 4.17. The highest BCUT2D eigenvalue weighted by Gasteiger charge is 2.29. The first-order valence-electron chi connectivity index (χ1n) is 8.91. The van der Waals surface area contributed by atoms with Crippen LogP contribution in [0.15, 0.2) is 36.4 Å². The summed E-state index contributed by atoms with van der Waals surface area (Å²) in [5.41, 5.74) is 1.71. The molecule has 0 radical (unpaired) electrons. The van der Waals surface area contributed by atoms with E-state index >= 15 is 0 Å². The Bertz CT molecular complexity index is 878. The van der Waals surface area contributed by atoms with Gasteiger partial charge in [-0.15, -0.1) is 0 Å². The molecule has 1 aliphatic carbocycles. The molecule has 0 aromatic heterocycles. The van der Waals surface area contributed by atoms with Crippen LogP contribution in [0.25, 0.3) is 0 Å². The van der Waals surface area contributed by atoms with Crippen LogP contribution < -0.4 is 20.1 Å². The topological polar surface area (TPSA) is 76.7 Å². The van der Waals surface area contributed by atoms with E-state index in [0.717, 1.165) is 19.3 Å². The predicted octanol–water partition coefficient (Wildman–Crippen LogP) is 4.10. The molecule has 2 aromatic rings. The van der Waals surface area contributed by atoms with Crippen LogP contribution in [-0.4, -0.2) is 25.0 Å². The maximum Gasteiger partial charge on any atom is 0.255 e. The Morgan fingerprint density at radius 1 is 0.963 bits per heavy atom. The molecule has 2 aromatic carbocycles. The number of fused-ring (bicyclic) bond motifs is 1. The first-order valence-corrected chi connectivity index (χ1v) is 9.29. The largest absolute Gasteiger partial charge is 0.489 e. The van der Waals surface area contributed by atoms with Crippen LogP contribution in [0.2, 0.25) is 5.02 Å². The average Bonchev–Trinajstić information content (AvgIpc) is 3.50. The molecule has 1 fully saturated rings. The van der Waals surface area contributed by atoms with Gasteiger partial charge in [-0.1, -0.05) is 11.6 Å². The van der Waals surface area contributed by atoms with E-state index in [4.69, 9.17) is 21.1 Å². The molecule has 1 aliphatic heterocycles. The number of hydrogen-bond acceptors (Lipinski definition) is 4. The van der Waals surface area contributed by atoms with Gasteiger partial charge in [0.15, 0.2) is 11.5 Å². The number of hydrogen-bond donors (Lipinski definition) is 2. The monoisotopic (exact) mass is 386 g/mol. The molecule has 140 valence electrons. The molecule has 0 spiro atoms. The SMILES string of the molecule is O=C(Nc1ccc(NC(=O)C2CC2)cc1)c1cc(Cl)c2c(c1)OCCCO2. The number of benzene rings is 2. The standard InChI is InChI=1S/C20H19ClN2O4/c21-16-10-13(11-17-18(16)27-9-1-8-26-17)20(25)23-15-6-4-14(5-7-15)22-19(24)12-2-3-12/h4-7,10-12H,1-3,8-9H2,(H,22,24)(H,23,25). The van der Waals surface area contributed by atoms with Gasteiger partial charge in [0, 0.05) is 29.3 Å². The number of anilines is 2. The summed E-state index contributed by atoms with van der Waals surface area (Å²) in [4.78, 5) is 24.3. The molecule has 0 bridgehead atoms. The van der Waals surface area contributed by atoms with Crippen LogP contribution in [0.3, 0.4) is 0 Å². The van der Waals surface area contributed by atoms with Gasteiger partial charge in [-0.05, 0) is 49.2 Å². The van der Waals surface area contributed by atoms with Crippen LogP contribution in [0, 0.1) is 5.92 Å². The Hall–Kier alpha value is -2.73. The van der Waals surface area contributed by atoms with Crippen molar-refractivity contribution in [2.75, 3.05) is 23.8 Å². The summed E-state index contributed by atoms with van der Waals surface area (Å²) in [5.74, 6) is 0.842. The van der Waals surface area contributed by atoms with E-state index in [9.17, 15) is 9.59 Å². The third-order valence-electron chi connectivity index (χ3n) is 4.42. The van der Waals surface area contributed by atoms with Crippen molar-refractivity contribution < 1.29 is 19.1 Å². The van der Waals surface area contributed by atoms with Crippen LogP contribution in [0.1, 0.15) is 29.6 Å². The van der Waals surface area contributed by atoms with Gasteiger partial charge >= 0.3 is 0 Å². The molecule has 0 unspecified atom stereocenters. The van der Waals surface area contributed by atoms with Gasteiger partial charge < -0.3 is 20.1 Å². The maximum atomic E-state index is 12.6. The van der Waals surface area contributed by atoms with E-state index in [1.54, 1.807) is 36.4 Å². The van der Waals surface area contributed by atoms with Crippen molar-refractivity contribution in [1.29, 1.82) is 0 Å². The second kappa shape index (κ2) is 7.48. The second-order valence-electron chi connectivity index (χ2n) is 6.63. The maximum absolute atomic E-state index is 12.6. The Balaban J connectivity index is 1.45. The lowest BCUT2D eigenvalue weighted by Crippen LogP contribution is -2.14. The van der Waals surface area contributed by atoms with Crippen molar-refractivity contribution in [3.63, 3.8) is 0 Å². The molecular formula is C20H19ClN2O4. The van der Waals surface area contributed by atoms with Crippen molar-refractivity contribution in [1.82, 2.24) is 0 Å². The average molecular weight is 387 g/mol. The fourth-order valence-corrected chi connectivity index (χ4v) is 3.06. The molecule has 0 saturated heterocycles. The summed E-state index contributed by atoms with van der Waals surface area (Å²) in [5, 5.41) is 6.03. The lowest BCUT2D eigenvalue weighted by Gasteiger charge is -2.12. The van der Waals surface area contributed by atoms with E-state index in [0.29, 0.717) is 46.7 Å². The van der Waals surface area contributed by atoms with E-state index in [-0.39, 0.29) is 17.7 Å². The second-order valence-corrected chi connectivity index (χ2v) is 7.04. The molecule has 7 heteroatoms. The first-order chi connectivity index (χ1) is 13.1. The molecule has 2 aliphatic rings. The Morgan fingerprint density at radius 3 is 2.33 bits per heavy atom. The zero-order valence-electron chi connectivity index (χ0n) is 14.6. The number of ether oxygens (including phenoxy) is 2. The van der Waals surface area contributed by atoms with Gasteiger partial charge in [0.05, 0.1) is 18.2 Å². The van der Waals surface area contributed by atoms with Gasteiger partial charge in [-0.2, -0.15) is 0 Å². The van der Waals surface area contributed by atoms with E-state index in [1.807, 2.05) is 0 Å². The molecule has 0 atom stereocenters. The minimum atomic E-state index is -0.303. The molecule has 1 saturated carbocycles. The van der Waals surface area contributed by atoms with Crippen LogP contribution >= 0.6 is 11.6 Å². The lowest BCUT2D eigenvalue weighted by atomic mass is 10.1. The summed E-state index contributed by atoms with van der Waals surface area (Å²) < 4.78 is 11.2. The van der Waals surface area contributed by atoms with Gasteiger partial charge in [-0.3, -0.25) is 9.59 Å². The number of amides is 2. The zero-order valence-corrected chi connectivity index (χ0v) is 15.3. The molecular weight excluding hydrogens is 368 g/mol. The third-order valence-corrected chi connectivity index (χ3v) is 4.70. The predicted molar refractivity (Wildman–Crippen MR) is 103 cm³/mol. The quantitative estimate of drug-likeness (QED) is 0.829. The number of rotatable bonds is 4. The van der Waals surface area contributed by atoms with Gasteiger partial charge in [-0.25, -0.2) is 0 Å². The van der Waals surface area contributed by atoms with Crippen molar-refractivity contribution in [3.05, 3.63) is 47.0 Å². The van der Waals surface area contributed by atoms with Crippen LogP contribution in [-0.2, 0) is 4.79 Å². The smallest absolute Gasteiger partial charge is 0.255 e. The summed E-state index contributed by atoms with van der Waals surface area (Å²) in [7, 11) is 0. The van der Waals surface area contributed by atoms with Crippen molar-refractivity contribution in [2.45, 2.75) is 19.3 Å². The first kappa shape index (κ1) is 17.7. The molecule has 6 nitrogen and oxygen atoms in total. The minimum absolute atomic E-state index is 0.0497. The Morgan fingerprint density at radius 2 is 1.63 bits per heavy atom. The molecule has 1 heterocycles. The Kier molecular flexibility index (Phi) is 4.90. The normalized spacial score (nSPS) is 15.6. The number of carbonyl (C=O) groups is 2. The summed E-state index contributed by atoms with van der Waals surface area (Å²) in [6, 6.07) is 10.2. The number of halogens is 1.